The Hall–Kier alpha value is -0.630. The summed E-state index contributed by atoms with van der Waals surface area (Å²) in [6.07, 6.45) is 0. The van der Waals surface area contributed by atoms with Crippen LogP contribution in [0.5, 0.6) is 11.5 Å². The molecule has 0 radical (unpaired) electrons. The van der Waals surface area contributed by atoms with Gasteiger partial charge in [0.25, 0.3) is 0 Å². The van der Waals surface area contributed by atoms with Crippen molar-refractivity contribution in [1.29, 1.82) is 0 Å². The van der Waals surface area contributed by atoms with Gasteiger partial charge >= 0.3 is 6.61 Å². The molecule has 1 aromatic rings. The van der Waals surface area contributed by atoms with Crippen LogP contribution in [-0.2, 0) is 6.54 Å². The molecule has 0 amide bonds. The number of halogens is 4. The molecule has 132 valence electrons. The highest BCUT2D eigenvalue weighted by Crippen LogP contribution is 2.38. The molecule has 0 spiro atoms. The molecule has 1 aliphatic heterocycles. The molecule has 1 aliphatic rings. The zero-order valence-electron chi connectivity index (χ0n) is 13.2. The Morgan fingerprint density at radius 2 is 2.17 bits per heavy atom. The average Bonchev–Trinajstić information content (AvgIpc) is 2.43. The van der Waals surface area contributed by atoms with Crippen molar-refractivity contribution in [3.05, 3.63) is 22.2 Å². The van der Waals surface area contributed by atoms with Gasteiger partial charge in [0.05, 0.1) is 11.1 Å². The summed E-state index contributed by atoms with van der Waals surface area (Å²) >= 11 is 3.30. The van der Waals surface area contributed by atoms with Crippen LogP contribution in [0.4, 0.5) is 8.78 Å². The Kier molecular flexibility index (Phi) is 8.53. The summed E-state index contributed by atoms with van der Waals surface area (Å²) in [4.78, 5) is 2.33. The molecular formula is C15H22BrClF2N2O2. The zero-order chi connectivity index (χ0) is 16.1. The molecule has 23 heavy (non-hydrogen) atoms. The lowest BCUT2D eigenvalue weighted by Gasteiger charge is -2.32. The van der Waals surface area contributed by atoms with Crippen LogP contribution < -0.4 is 14.8 Å². The molecule has 1 aromatic carbocycles. The molecule has 1 heterocycles. The fraction of sp³-hybridized carbons (Fsp3) is 0.600. The van der Waals surface area contributed by atoms with Crippen LogP contribution in [0.25, 0.3) is 0 Å². The van der Waals surface area contributed by atoms with E-state index in [4.69, 9.17) is 4.74 Å². The molecule has 0 aliphatic carbocycles. The summed E-state index contributed by atoms with van der Waals surface area (Å²) < 4.78 is 35.5. The molecule has 1 N–H and O–H groups in total. The van der Waals surface area contributed by atoms with E-state index in [1.54, 1.807) is 6.07 Å². The van der Waals surface area contributed by atoms with Crippen molar-refractivity contribution in [1.82, 2.24) is 10.2 Å². The molecule has 4 nitrogen and oxygen atoms in total. The third kappa shape index (κ3) is 6.06. The summed E-state index contributed by atoms with van der Waals surface area (Å²) in [7, 11) is 0. The number of alkyl halides is 2. The van der Waals surface area contributed by atoms with Gasteiger partial charge in [0.1, 0.15) is 0 Å². The second kappa shape index (κ2) is 9.61. The molecule has 0 aromatic heterocycles. The number of hydrogen-bond acceptors (Lipinski definition) is 4. The van der Waals surface area contributed by atoms with Crippen molar-refractivity contribution in [2.75, 3.05) is 26.2 Å². The van der Waals surface area contributed by atoms with E-state index in [0.29, 0.717) is 22.9 Å². The SMILES string of the molecule is CCOc1cc(CN2CCN[C@@H](C)C2)cc(Br)c1OC(F)F.Cl. The second-order valence-electron chi connectivity index (χ2n) is 5.31. The maximum Gasteiger partial charge on any atom is 0.387 e. The van der Waals surface area contributed by atoms with Crippen molar-refractivity contribution in [2.24, 2.45) is 0 Å². The molecule has 0 saturated carbocycles. The number of ether oxygens (including phenoxy) is 2. The summed E-state index contributed by atoms with van der Waals surface area (Å²) in [6, 6.07) is 4.04. The van der Waals surface area contributed by atoms with E-state index in [-0.39, 0.29) is 18.2 Å². The standard InChI is InChI=1S/C15H21BrF2N2O2.ClH/c1-3-21-13-7-11(6-12(16)14(13)22-15(17)18)9-20-5-4-19-10(2)8-20;/h6-7,10,15,19H,3-5,8-9H2,1-2H3;1H/t10-;/m0./s1. The van der Waals surface area contributed by atoms with E-state index in [2.05, 4.69) is 37.8 Å². The van der Waals surface area contributed by atoms with Gasteiger partial charge in [-0.1, -0.05) is 0 Å². The van der Waals surface area contributed by atoms with Crippen molar-refractivity contribution < 1.29 is 18.3 Å². The van der Waals surface area contributed by atoms with Crippen LogP contribution >= 0.6 is 28.3 Å². The first-order valence-corrected chi connectivity index (χ1v) is 8.14. The van der Waals surface area contributed by atoms with Crippen LogP contribution in [0, 0.1) is 0 Å². The highest BCUT2D eigenvalue weighted by Gasteiger charge is 2.19. The number of piperazine rings is 1. The minimum atomic E-state index is -2.88. The van der Waals surface area contributed by atoms with Crippen LogP contribution in [0.2, 0.25) is 0 Å². The van der Waals surface area contributed by atoms with E-state index in [1.807, 2.05) is 13.0 Å². The lowest BCUT2D eigenvalue weighted by molar-refractivity contribution is -0.0519. The topological polar surface area (TPSA) is 33.7 Å². The largest absolute Gasteiger partial charge is 0.490 e. The predicted octanol–water partition coefficient (Wildman–Crippen LogP) is 3.66. The smallest absolute Gasteiger partial charge is 0.387 e. The molecule has 1 fully saturated rings. The third-order valence-electron chi connectivity index (χ3n) is 3.44. The van der Waals surface area contributed by atoms with Crippen molar-refractivity contribution in [2.45, 2.75) is 33.0 Å². The van der Waals surface area contributed by atoms with Crippen LogP contribution in [-0.4, -0.2) is 43.8 Å². The summed E-state index contributed by atoms with van der Waals surface area (Å²) in [5, 5.41) is 3.39. The second-order valence-corrected chi connectivity index (χ2v) is 6.16. The Balaban J connectivity index is 0.00000264. The lowest BCUT2D eigenvalue weighted by atomic mass is 10.1. The molecule has 1 saturated heterocycles. The van der Waals surface area contributed by atoms with Gasteiger partial charge in [0, 0.05) is 32.2 Å². The average molecular weight is 416 g/mol. The van der Waals surface area contributed by atoms with Gasteiger partial charge in [-0.15, -0.1) is 12.4 Å². The van der Waals surface area contributed by atoms with Crippen molar-refractivity contribution >= 4 is 28.3 Å². The van der Waals surface area contributed by atoms with Gasteiger partial charge in [0.15, 0.2) is 11.5 Å². The van der Waals surface area contributed by atoms with Gasteiger partial charge in [-0.25, -0.2) is 0 Å². The summed E-state index contributed by atoms with van der Waals surface area (Å²) in [5.74, 6) is 0.393. The summed E-state index contributed by atoms with van der Waals surface area (Å²) in [6.45, 7) is 5.08. The molecule has 8 heteroatoms. The minimum absolute atomic E-state index is 0. The Bertz CT molecular complexity index is 509. The summed E-state index contributed by atoms with van der Waals surface area (Å²) in [5.41, 5.74) is 1.01. The van der Waals surface area contributed by atoms with Gasteiger partial charge in [-0.3, -0.25) is 4.90 Å². The zero-order valence-corrected chi connectivity index (χ0v) is 15.6. The van der Waals surface area contributed by atoms with E-state index in [9.17, 15) is 8.78 Å². The molecular weight excluding hydrogens is 394 g/mol. The third-order valence-corrected chi connectivity index (χ3v) is 4.02. The van der Waals surface area contributed by atoms with E-state index in [1.165, 1.54) is 0 Å². The van der Waals surface area contributed by atoms with Crippen molar-refractivity contribution in [3.63, 3.8) is 0 Å². The quantitative estimate of drug-likeness (QED) is 0.769. The monoisotopic (exact) mass is 414 g/mol. The minimum Gasteiger partial charge on any atom is -0.490 e. The maximum absolute atomic E-state index is 12.5. The fourth-order valence-corrected chi connectivity index (χ4v) is 3.18. The number of benzene rings is 1. The highest BCUT2D eigenvalue weighted by atomic mass is 79.9. The Labute approximate surface area is 150 Å². The van der Waals surface area contributed by atoms with E-state index in [0.717, 1.165) is 31.7 Å². The van der Waals surface area contributed by atoms with E-state index >= 15 is 0 Å². The lowest BCUT2D eigenvalue weighted by Crippen LogP contribution is -2.48. The van der Waals surface area contributed by atoms with Gasteiger partial charge in [-0.05, 0) is 47.5 Å². The Morgan fingerprint density at radius 1 is 1.43 bits per heavy atom. The van der Waals surface area contributed by atoms with Crippen LogP contribution in [0.3, 0.4) is 0 Å². The van der Waals surface area contributed by atoms with Crippen LogP contribution in [0.15, 0.2) is 16.6 Å². The first kappa shape index (κ1) is 20.4. The predicted molar refractivity (Wildman–Crippen MR) is 91.9 cm³/mol. The number of nitrogens with zero attached hydrogens (tertiary/aromatic N) is 1. The number of hydrogen-bond donors (Lipinski definition) is 1. The van der Waals surface area contributed by atoms with Crippen LogP contribution in [0.1, 0.15) is 19.4 Å². The van der Waals surface area contributed by atoms with Gasteiger partial charge in [-0.2, -0.15) is 8.78 Å². The number of nitrogens with one attached hydrogen (secondary N) is 1. The first-order valence-electron chi connectivity index (χ1n) is 7.35. The van der Waals surface area contributed by atoms with E-state index < -0.39 is 6.61 Å². The maximum atomic E-state index is 12.5. The van der Waals surface area contributed by atoms with Crippen molar-refractivity contribution in [3.8, 4) is 11.5 Å². The van der Waals surface area contributed by atoms with Gasteiger partial charge < -0.3 is 14.8 Å². The molecule has 0 unspecified atom stereocenters. The highest BCUT2D eigenvalue weighted by molar-refractivity contribution is 9.10. The Morgan fingerprint density at radius 3 is 2.78 bits per heavy atom. The fourth-order valence-electron chi connectivity index (χ4n) is 2.59. The molecule has 1 atom stereocenters. The molecule has 0 bridgehead atoms. The normalized spacial score (nSPS) is 18.6. The molecule has 2 rings (SSSR count). The number of rotatable bonds is 6. The first-order chi connectivity index (χ1) is 10.5. The van der Waals surface area contributed by atoms with Gasteiger partial charge in [0.2, 0.25) is 0 Å².